The molecule has 4 aromatic carbocycles. The molecule has 5 heterocycles. The fourth-order valence-corrected chi connectivity index (χ4v) is 12.5. The third-order valence-electron chi connectivity index (χ3n) is 17.7. The Morgan fingerprint density at radius 2 is 0.718 bits per heavy atom. The fourth-order valence-electron chi connectivity index (χ4n) is 11.6. The first-order valence-electron chi connectivity index (χ1n) is 36.5. The molecule has 5 aliphatic heterocycles. The zero-order valence-corrected chi connectivity index (χ0v) is 69.0. The van der Waals surface area contributed by atoms with Crippen LogP contribution in [0.4, 0.5) is 19.2 Å². The highest BCUT2D eigenvalue weighted by Crippen LogP contribution is 2.37. The molecule has 0 aromatic heterocycles. The van der Waals surface area contributed by atoms with Crippen molar-refractivity contribution in [3.63, 3.8) is 0 Å². The van der Waals surface area contributed by atoms with Crippen LogP contribution in [0.15, 0.2) is 106 Å². The number of likely N-dealkylation sites (tertiary alicyclic amines) is 4. The van der Waals surface area contributed by atoms with Gasteiger partial charge in [0.05, 0.1) is 81.6 Å². The van der Waals surface area contributed by atoms with Gasteiger partial charge in [-0.05, 0) is 245 Å². The van der Waals surface area contributed by atoms with Crippen LogP contribution in [0.5, 0.6) is 0 Å². The topological polar surface area (TPSA) is 225 Å². The van der Waals surface area contributed by atoms with Crippen molar-refractivity contribution in [3.05, 3.63) is 128 Å². The number of ether oxygens (including phenoxy) is 7. The lowest BCUT2D eigenvalue weighted by Gasteiger charge is -2.36. The van der Waals surface area contributed by atoms with Crippen LogP contribution in [-0.2, 0) is 67.6 Å². The van der Waals surface area contributed by atoms with E-state index >= 15 is 0 Å². The summed E-state index contributed by atoms with van der Waals surface area (Å²) < 4.78 is 53.9. The fraction of sp³-hybridized carbons (Fsp3) is 0.641. The second kappa shape index (κ2) is 42.1. The number of aliphatic hydroxyl groups excluding tert-OH is 1. The quantitative estimate of drug-likeness (QED) is 0.0539. The van der Waals surface area contributed by atoms with Crippen LogP contribution in [0, 0.1) is 0 Å². The monoisotopic (exact) mass is 1630 g/mol. The third kappa shape index (κ3) is 32.7. The average Bonchev–Trinajstić information content (AvgIpc) is 1.63. The lowest BCUT2D eigenvalue weighted by Crippen LogP contribution is -2.48. The van der Waals surface area contributed by atoms with Crippen molar-refractivity contribution < 1.29 is 76.8 Å². The third-order valence-corrected chi connectivity index (χ3v) is 19.4. The number of carbonyl (C=O) groups is 4. The van der Waals surface area contributed by atoms with E-state index in [4.69, 9.17) is 57.6 Å². The van der Waals surface area contributed by atoms with Gasteiger partial charge in [-0.15, -0.1) is 0 Å². The molecule has 4 unspecified atom stereocenters. The van der Waals surface area contributed by atoms with Crippen LogP contribution in [0.3, 0.4) is 0 Å². The lowest BCUT2D eigenvalue weighted by molar-refractivity contribution is -0.0106. The standard InChI is InChI=1S/C24H38BNO5.C18H28BNO5.C18H26BrNO3.C11H21NO3.C7H6Br2/c1-22(2,3)29-21(27)26-15-9-8-10-20(26)17-28-16-18-11-13-19(14-12-18)25-30-23(4,5)24(6,7)31-25;1-18(2,3)25-17(21)20-11-5-4-6-16(20)13-24-12-14-7-9-15(10-8-14)19(22)23;1-18(2,3)23-17(21)20-11-5-4-6-16(20)13-22-12-14-7-9-15(19)10-8-14;1-11(2,3)15-10(14)12-7-5-4-6-9(12)8-13;8-5-6-1-3-7(9)4-2-6/h11-14,20H,8-10,15-17H2,1-7H3;7-10,16,22-23H,4-6,11-13H2,1-3H3;7-10,16H,4-6,11-13H2,1-3H3;9,13H,4-8H2,1-3H3;1-4H,5H2. The lowest BCUT2D eigenvalue weighted by atomic mass is 9.79. The summed E-state index contributed by atoms with van der Waals surface area (Å²) in [6.45, 7) is 36.7. The molecule has 574 valence electrons. The SMILES string of the molecule is BrCc1ccc(Br)cc1.CC(C)(C)OC(=O)N1CCCCC1CO.CC(C)(C)OC(=O)N1CCCCC1COCc1ccc(B(O)O)cc1.CC(C)(C)OC(=O)N1CCCCC1COCc1ccc(B2OC(C)(C)C(C)(C)O2)cc1.CC(C)(C)OC(=O)N1CCCCC1COCc1ccc(Br)cc1. The molecule has 4 atom stereocenters. The molecule has 0 spiro atoms. The first-order valence-corrected chi connectivity index (χ1v) is 39.2. The van der Waals surface area contributed by atoms with Gasteiger partial charge >= 0.3 is 38.6 Å². The summed E-state index contributed by atoms with van der Waals surface area (Å²) in [5.74, 6) is 0. The summed E-state index contributed by atoms with van der Waals surface area (Å²) in [5, 5.41) is 28.3. The highest BCUT2D eigenvalue weighted by atomic mass is 79.9. The summed E-state index contributed by atoms with van der Waals surface area (Å²) in [7, 11) is -1.82. The number of aliphatic hydroxyl groups is 1. The van der Waals surface area contributed by atoms with Crippen molar-refractivity contribution in [1.82, 2.24) is 19.6 Å². The zero-order chi connectivity index (χ0) is 76.3. The minimum Gasteiger partial charge on any atom is -0.444 e. The van der Waals surface area contributed by atoms with Crippen molar-refractivity contribution in [2.24, 2.45) is 0 Å². The van der Waals surface area contributed by atoms with Gasteiger partial charge in [0.15, 0.2) is 0 Å². The van der Waals surface area contributed by atoms with Gasteiger partial charge in [0.2, 0.25) is 0 Å². The molecule has 20 nitrogen and oxygen atoms in total. The Bertz CT molecular complexity index is 3150. The Morgan fingerprint density at radius 3 is 1.00 bits per heavy atom. The van der Waals surface area contributed by atoms with Gasteiger partial charge in [0.1, 0.15) is 22.4 Å². The van der Waals surface area contributed by atoms with Crippen LogP contribution in [0.1, 0.15) is 210 Å². The predicted molar refractivity (Wildman–Crippen MR) is 418 cm³/mol. The molecule has 5 saturated heterocycles. The normalized spacial score (nSPS) is 19.7. The average molecular weight is 1630 g/mol. The number of rotatable bonds is 16. The Labute approximate surface area is 641 Å². The van der Waals surface area contributed by atoms with E-state index in [1.165, 1.54) is 5.56 Å². The van der Waals surface area contributed by atoms with Crippen molar-refractivity contribution in [2.75, 3.05) is 52.6 Å². The summed E-state index contributed by atoms with van der Waals surface area (Å²) in [6, 6.07) is 31.6. The van der Waals surface area contributed by atoms with Gasteiger partial charge in [-0.1, -0.05) is 121 Å². The van der Waals surface area contributed by atoms with E-state index in [-0.39, 0.29) is 73.5 Å². The molecule has 5 aliphatic rings. The number of hydrogen-bond donors (Lipinski definition) is 3. The molecule has 0 saturated carbocycles. The van der Waals surface area contributed by atoms with Gasteiger partial charge < -0.3 is 77.2 Å². The summed E-state index contributed by atoms with van der Waals surface area (Å²) in [6.07, 6.45) is 11.1. The smallest absolute Gasteiger partial charge is 0.444 e. The van der Waals surface area contributed by atoms with Crippen LogP contribution in [0.2, 0.25) is 0 Å². The molecule has 9 rings (SSSR count). The second-order valence-electron chi connectivity index (χ2n) is 31.9. The molecule has 0 aliphatic carbocycles. The first-order chi connectivity index (χ1) is 48.3. The molecular weight excluding hydrogens is 1510 g/mol. The maximum Gasteiger partial charge on any atom is 0.494 e. The second-order valence-corrected chi connectivity index (χ2v) is 34.2. The van der Waals surface area contributed by atoms with Gasteiger partial charge in [-0.2, -0.15) is 0 Å². The first kappa shape index (κ1) is 88.8. The Balaban J connectivity index is 0.000000242. The number of benzene rings is 4. The van der Waals surface area contributed by atoms with Crippen LogP contribution < -0.4 is 10.9 Å². The summed E-state index contributed by atoms with van der Waals surface area (Å²) in [4.78, 5) is 56.1. The number of halogens is 3. The number of carbonyl (C=O) groups excluding carboxylic acids is 4. The van der Waals surface area contributed by atoms with Crippen LogP contribution in [-0.4, -0.2) is 184 Å². The maximum absolute atomic E-state index is 12.5. The summed E-state index contributed by atoms with van der Waals surface area (Å²) >= 11 is 10.2. The highest BCUT2D eigenvalue weighted by Gasteiger charge is 2.52. The molecule has 3 N–H and O–H groups in total. The number of alkyl halides is 1. The molecule has 25 heteroatoms. The van der Waals surface area contributed by atoms with Crippen LogP contribution in [0.25, 0.3) is 0 Å². The van der Waals surface area contributed by atoms with E-state index in [1.54, 1.807) is 34.1 Å². The Kier molecular flexibility index (Phi) is 36.3. The van der Waals surface area contributed by atoms with Crippen molar-refractivity contribution >= 4 is 97.3 Å². The number of nitrogens with zero attached hydrogens (tertiary/aromatic N) is 4. The molecule has 5 fully saturated rings. The largest absolute Gasteiger partial charge is 0.494 e. The molecule has 4 amide bonds. The molecule has 0 radical (unpaired) electrons. The molecular formula is C78H119B2Br3N4O16. The number of piperidine rings is 4. The van der Waals surface area contributed by atoms with E-state index in [0.29, 0.717) is 58.2 Å². The minimum atomic E-state index is -1.46. The minimum absolute atomic E-state index is 0.0270. The van der Waals surface area contributed by atoms with Crippen molar-refractivity contribution in [3.8, 4) is 0 Å². The number of amides is 4. The summed E-state index contributed by atoms with van der Waals surface area (Å²) in [5.41, 5.74) is 3.32. The predicted octanol–water partition coefficient (Wildman–Crippen LogP) is 15.8. The molecule has 103 heavy (non-hydrogen) atoms. The van der Waals surface area contributed by atoms with Gasteiger partial charge in [0.25, 0.3) is 0 Å². The van der Waals surface area contributed by atoms with Gasteiger partial charge in [0, 0.05) is 40.5 Å². The van der Waals surface area contributed by atoms with E-state index in [0.717, 1.165) is 127 Å². The van der Waals surface area contributed by atoms with Crippen molar-refractivity contribution in [2.45, 2.75) is 271 Å². The van der Waals surface area contributed by atoms with E-state index in [2.05, 4.69) is 87.6 Å². The maximum atomic E-state index is 12.5. The molecule has 4 aromatic rings. The highest BCUT2D eigenvalue weighted by molar-refractivity contribution is 9.10. The molecule has 0 bridgehead atoms. The Hall–Kier alpha value is -4.79. The Morgan fingerprint density at radius 1 is 0.447 bits per heavy atom. The van der Waals surface area contributed by atoms with E-state index in [1.807, 2.05) is 154 Å². The van der Waals surface area contributed by atoms with Gasteiger partial charge in [-0.25, -0.2) is 19.2 Å². The van der Waals surface area contributed by atoms with Crippen molar-refractivity contribution in [1.29, 1.82) is 0 Å². The van der Waals surface area contributed by atoms with E-state index in [9.17, 15) is 19.2 Å². The van der Waals surface area contributed by atoms with E-state index < -0.39 is 29.5 Å². The van der Waals surface area contributed by atoms with Crippen LogP contribution >= 0.6 is 47.8 Å². The zero-order valence-electron chi connectivity index (χ0n) is 64.2. The number of hydrogen-bond acceptors (Lipinski definition) is 16. The van der Waals surface area contributed by atoms with Gasteiger partial charge in [-0.3, -0.25) is 0 Å².